The molecule has 3 rings (SSSR count). The Hall–Kier alpha value is -2.58. The lowest BCUT2D eigenvalue weighted by Crippen LogP contribution is -2.35. The minimum Gasteiger partial charge on any atom is -0.462 e. The van der Waals surface area contributed by atoms with Crippen molar-refractivity contribution in [1.29, 1.82) is 0 Å². The monoisotopic (exact) mass is 447 g/mol. The molecule has 0 saturated carbocycles. The Morgan fingerprint density at radius 2 is 1.71 bits per heavy atom. The third-order valence-electron chi connectivity index (χ3n) is 5.33. The number of aryl methyl sites for hydroxylation is 1. The molecule has 0 atom stereocenters. The molecular weight excluding hydrogens is 421 g/mol. The number of benzene rings is 2. The van der Waals surface area contributed by atoms with Crippen molar-refractivity contribution in [1.82, 2.24) is 4.31 Å². The normalized spacial score (nSPS) is 14.9. The van der Waals surface area contributed by atoms with Crippen LogP contribution in [0.5, 0.6) is 0 Å². The third-order valence-corrected chi connectivity index (χ3v) is 7.22. The second-order valence-corrected chi connectivity index (χ2v) is 9.55. The highest BCUT2D eigenvalue weighted by atomic mass is 32.2. The molecule has 0 aliphatic carbocycles. The second-order valence-electron chi connectivity index (χ2n) is 7.61. The van der Waals surface area contributed by atoms with E-state index < -0.39 is 21.8 Å². The molecule has 0 bridgehead atoms. The van der Waals surface area contributed by atoms with Gasteiger partial charge in [-0.3, -0.25) is 4.79 Å². The highest BCUT2D eigenvalue weighted by molar-refractivity contribution is 7.89. The fourth-order valence-corrected chi connectivity index (χ4v) is 5.04. The number of Topliss-reactive ketones (excluding diaryl/α,β-unsaturated/α-hetero) is 1. The van der Waals surface area contributed by atoms with Crippen molar-refractivity contribution < 1.29 is 27.1 Å². The van der Waals surface area contributed by atoms with Crippen molar-refractivity contribution >= 4 is 21.8 Å². The molecule has 166 valence electrons. The molecule has 6 nitrogen and oxygen atoms in total. The lowest BCUT2D eigenvalue weighted by Gasteiger charge is -2.26. The fourth-order valence-electron chi connectivity index (χ4n) is 3.49. The first-order valence-corrected chi connectivity index (χ1v) is 11.8. The first kappa shape index (κ1) is 23.1. The van der Waals surface area contributed by atoms with Gasteiger partial charge in [0, 0.05) is 25.1 Å². The van der Waals surface area contributed by atoms with E-state index in [0.717, 1.165) is 19.3 Å². The van der Waals surface area contributed by atoms with Gasteiger partial charge in [-0.2, -0.15) is 4.31 Å². The molecule has 1 aliphatic rings. The Labute approximate surface area is 182 Å². The molecule has 31 heavy (non-hydrogen) atoms. The van der Waals surface area contributed by atoms with Crippen LogP contribution in [0.25, 0.3) is 0 Å². The molecule has 1 aliphatic heterocycles. The largest absolute Gasteiger partial charge is 0.462 e. The molecule has 1 fully saturated rings. The summed E-state index contributed by atoms with van der Waals surface area (Å²) in [5, 5.41) is 0. The molecule has 2 aromatic carbocycles. The van der Waals surface area contributed by atoms with E-state index in [0.29, 0.717) is 30.6 Å². The molecule has 0 amide bonds. The summed E-state index contributed by atoms with van der Waals surface area (Å²) in [5.41, 5.74) is 1.21. The molecule has 2 aromatic rings. The lowest BCUT2D eigenvalue weighted by molar-refractivity contribution is 0.0493. The van der Waals surface area contributed by atoms with Crippen LogP contribution in [0.1, 0.15) is 58.4 Å². The Kier molecular flexibility index (Phi) is 7.56. The van der Waals surface area contributed by atoms with Gasteiger partial charge in [0.05, 0.1) is 17.1 Å². The van der Waals surface area contributed by atoms with E-state index in [-0.39, 0.29) is 29.3 Å². The minimum atomic E-state index is -3.65. The van der Waals surface area contributed by atoms with Gasteiger partial charge in [-0.05, 0) is 68.1 Å². The first-order valence-electron chi connectivity index (χ1n) is 10.4. The fraction of sp³-hybridized carbons (Fsp3) is 0.391. The Morgan fingerprint density at radius 3 is 2.39 bits per heavy atom. The maximum Gasteiger partial charge on any atom is 0.338 e. The minimum absolute atomic E-state index is 0.0221. The number of carbonyl (C=O) groups excluding carboxylic acids is 2. The summed E-state index contributed by atoms with van der Waals surface area (Å²) in [7, 11) is -3.65. The summed E-state index contributed by atoms with van der Waals surface area (Å²) in [6.45, 7) is 2.70. The number of ketones is 1. The van der Waals surface area contributed by atoms with Crippen molar-refractivity contribution in [3.63, 3.8) is 0 Å². The smallest absolute Gasteiger partial charge is 0.338 e. The number of rotatable bonds is 8. The van der Waals surface area contributed by atoms with E-state index in [1.807, 2.05) is 0 Å². The molecule has 0 radical (unpaired) electrons. The van der Waals surface area contributed by atoms with Gasteiger partial charge in [-0.1, -0.05) is 12.5 Å². The number of ether oxygens (including phenoxy) is 1. The highest BCUT2D eigenvalue weighted by Crippen LogP contribution is 2.23. The first-order chi connectivity index (χ1) is 14.8. The number of halogens is 1. The van der Waals surface area contributed by atoms with Gasteiger partial charge >= 0.3 is 5.97 Å². The summed E-state index contributed by atoms with van der Waals surface area (Å²) in [6.07, 6.45) is 3.14. The van der Waals surface area contributed by atoms with Crippen LogP contribution in [-0.4, -0.2) is 44.2 Å². The van der Waals surface area contributed by atoms with E-state index in [4.69, 9.17) is 4.74 Å². The summed E-state index contributed by atoms with van der Waals surface area (Å²) in [5.74, 6) is -1.20. The maximum absolute atomic E-state index is 12.9. The average molecular weight is 448 g/mol. The summed E-state index contributed by atoms with van der Waals surface area (Å²) < 4.78 is 45.4. The zero-order valence-electron chi connectivity index (χ0n) is 17.5. The van der Waals surface area contributed by atoms with Gasteiger partial charge in [0.1, 0.15) is 5.82 Å². The Morgan fingerprint density at radius 1 is 1.03 bits per heavy atom. The number of nitrogens with zero attached hydrogens (tertiary/aromatic N) is 1. The molecule has 0 unspecified atom stereocenters. The quantitative estimate of drug-likeness (QED) is 0.345. The van der Waals surface area contributed by atoms with Crippen LogP contribution in [-0.2, 0) is 14.8 Å². The maximum atomic E-state index is 12.9. The van der Waals surface area contributed by atoms with Crippen LogP contribution in [0.3, 0.4) is 0 Å². The van der Waals surface area contributed by atoms with Gasteiger partial charge in [0.25, 0.3) is 0 Å². The topological polar surface area (TPSA) is 80.8 Å². The van der Waals surface area contributed by atoms with Gasteiger partial charge < -0.3 is 4.74 Å². The van der Waals surface area contributed by atoms with Crippen LogP contribution >= 0.6 is 0 Å². The molecule has 1 saturated heterocycles. The lowest BCUT2D eigenvalue weighted by atomic mass is 10.1. The number of carbonyl (C=O) groups is 2. The van der Waals surface area contributed by atoms with Crippen molar-refractivity contribution in [3.8, 4) is 0 Å². The van der Waals surface area contributed by atoms with Gasteiger partial charge in [0.2, 0.25) is 10.0 Å². The molecule has 0 N–H and O–H groups in total. The van der Waals surface area contributed by atoms with Crippen molar-refractivity contribution in [2.45, 2.75) is 43.9 Å². The van der Waals surface area contributed by atoms with Crippen LogP contribution in [0.2, 0.25) is 0 Å². The standard InChI is InChI=1S/C23H26FNO5S/c1-17-7-12-20(31(28,29)25-13-3-2-4-14-25)16-21(17)23(27)30-15-5-6-22(26)18-8-10-19(24)11-9-18/h7-12,16H,2-6,13-15H2,1H3. The van der Waals surface area contributed by atoms with Gasteiger partial charge in [-0.15, -0.1) is 0 Å². The number of esters is 1. The molecule has 8 heteroatoms. The Balaban J connectivity index is 1.59. The predicted octanol–water partition coefficient (Wildman–Crippen LogP) is 4.13. The van der Waals surface area contributed by atoms with Crippen LogP contribution in [0.15, 0.2) is 47.4 Å². The van der Waals surface area contributed by atoms with E-state index in [2.05, 4.69) is 0 Å². The molecule has 0 aromatic heterocycles. The van der Waals surface area contributed by atoms with Crippen molar-refractivity contribution in [2.75, 3.05) is 19.7 Å². The van der Waals surface area contributed by atoms with Crippen LogP contribution in [0, 0.1) is 12.7 Å². The average Bonchev–Trinajstić information content (AvgIpc) is 2.77. The SMILES string of the molecule is Cc1ccc(S(=O)(=O)N2CCCCC2)cc1C(=O)OCCCC(=O)c1ccc(F)cc1. The van der Waals surface area contributed by atoms with Crippen molar-refractivity contribution in [2.24, 2.45) is 0 Å². The van der Waals surface area contributed by atoms with E-state index in [1.165, 1.54) is 40.7 Å². The summed E-state index contributed by atoms with van der Waals surface area (Å²) in [6, 6.07) is 9.76. The highest BCUT2D eigenvalue weighted by Gasteiger charge is 2.27. The van der Waals surface area contributed by atoms with E-state index in [1.54, 1.807) is 13.0 Å². The van der Waals surface area contributed by atoms with Crippen molar-refractivity contribution in [3.05, 3.63) is 65.0 Å². The summed E-state index contributed by atoms with van der Waals surface area (Å²) in [4.78, 5) is 24.7. The van der Waals surface area contributed by atoms with E-state index in [9.17, 15) is 22.4 Å². The van der Waals surface area contributed by atoms with Crippen LogP contribution in [0.4, 0.5) is 4.39 Å². The zero-order chi connectivity index (χ0) is 22.4. The number of hydrogen-bond acceptors (Lipinski definition) is 5. The zero-order valence-corrected chi connectivity index (χ0v) is 18.3. The molecular formula is C23H26FNO5S. The van der Waals surface area contributed by atoms with E-state index >= 15 is 0 Å². The van der Waals surface area contributed by atoms with Gasteiger partial charge in [-0.25, -0.2) is 17.6 Å². The number of sulfonamides is 1. The Bertz CT molecular complexity index is 1040. The number of hydrogen-bond donors (Lipinski definition) is 0. The molecule has 0 spiro atoms. The second kappa shape index (κ2) is 10.2. The molecule has 1 heterocycles. The summed E-state index contributed by atoms with van der Waals surface area (Å²) >= 11 is 0. The predicted molar refractivity (Wildman–Crippen MR) is 114 cm³/mol. The van der Waals surface area contributed by atoms with Gasteiger partial charge in [0.15, 0.2) is 5.78 Å². The number of piperidine rings is 1. The third kappa shape index (κ3) is 5.77. The van der Waals surface area contributed by atoms with Crippen LogP contribution < -0.4 is 0 Å².